The lowest BCUT2D eigenvalue weighted by Crippen LogP contribution is -2.39. The Morgan fingerprint density at radius 1 is 1.35 bits per heavy atom. The standard InChI is InChI=1S/C15H26N4O/c1-4-15(2,9-16)14-17-13(18-20-14)10-7-11-5-6-12(8-10)19(11)3/h10-12H,4-9,16H2,1-3H3. The summed E-state index contributed by atoms with van der Waals surface area (Å²) in [6.45, 7) is 4.76. The van der Waals surface area contributed by atoms with E-state index >= 15 is 0 Å². The summed E-state index contributed by atoms with van der Waals surface area (Å²) >= 11 is 0. The number of nitrogens with zero attached hydrogens (tertiary/aromatic N) is 3. The fourth-order valence-electron chi connectivity index (χ4n) is 3.65. The Morgan fingerprint density at radius 3 is 2.55 bits per heavy atom. The molecule has 2 bridgehead atoms. The molecular weight excluding hydrogens is 252 g/mol. The predicted octanol–water partition coefficient (Wildman–Crippen LogP) is 2.04. The van der Waals surface area contributed by atoms with Gasteiger partial charge >= 0.3 is 0 Å². The molecule has 20 heavy (non-hydrogen) atoms. The Bertz CT molecular complexity index is 454. The zero-order valence-electron chi connectivity index (χ0n) is 12.8. The number of piperidine rings is 1. The summed E-state index contributed by atoms with van der Waals surface area (Å²) in [5, 5.41) is 4.26. The van der Waals surface area contributed by atoms with Crippen molar-refractivity contribution in [3.63, 3.8) is 0 Å². The van der Waals surface area contributed by atoms with Gasteiger partial charge in [0, 0.05) is 24.5 Å². The molecule has 2 aliphatic heterocycles. The quantitative estimate of drug-likeness (QED) is 0.912. The van der Waals surface area contributed by atoms with Gasteiger partial charge in [-0.3, -0.25) is 0 Å². The maximum atomic E-state index is 5.88. The smallest absolute Gasteiger partial charge is 0.233 e. The van der Waals surface area contributed by atoms with Crippen molar-refractivity contribution in [3.8, 4) is 0 Å². The molecule has 0 amide bonds. The summed E-state index contributed by atoms with van der Waals surface area (Å²) in [6.07, 6.45) is 5.88. The molecule has 3 heterocycles. The number of rotatable bonds is 4. The van der Waals surface area contributed by atoms with Crippen LogP contribution in [0.2, 0.25) is 0 Å². The van der Waals surface area contributed by atoms with Crippen LogP contribution in [-0.4, -0.2) is 40.7 Å². The lowest BCUT2D eigenvalue weighted by molar-refractivity contribution is 0.157. The van der Waals surface area contributed by atoms with Gasteiger partial charge in [-0.15, -0.1) is 0 Å². The Morgan fingerprint density at radius 2 is 2.00 bits per heavy atom. The van der Waals surface area contributed by atoms with Gasteiger partial charge in [0.25, 0.3) is 0 Å². The minimum absolute atomic E-state index is 0.185. The molecule has 2 fully saturated rings. The molecule has 0 aliphatic carbocycles. The van der Waals surface area contributed by atoms with Crippen molar-refractivity contribution in [2.75, 3.05) is 13.6 Å². The summed E-state index contributed by atoms with van der Waals surface area (Å²) < 4.78 is 5.53. The first-order chi connectivity index (χ1) is 9.57. The highest BCUT2D eigenvalue weighted by atomic mass is 16.5. The van der Waals surface area contributed by atoms with Gasteiger partial charge in [0.15, 0.2) is 5.82 Å². The van der Waals surface area contributed by atoms with Crippen LogP contribution in [0.5, 0.6) is 0 Å². The van der Waals surface area contributed by atoms with E-state index in [4.69, 9.17) is 15.2 Å². The van der Waals surface area contributed by atoms with Crippen LogP contribution >= 0.6 is 0 Å². The van der Waals surface area contributed by atoms with Crippen LogP contribution in [0.25, 0.3) is 0 Å². The molecule has 3 rings (SSSR count). The summed E-state index contributed by atoms with van der Waals surface area (Å²) in [4.78, 5) is 7.23. The van der Waals surface area contributed by atoms with Gasteiger partial charge < -0.3 is 15.2 Å². The summed E-state index contributed by atoms with van der Waals surface area (Å²) in [5.41, 5.74) is 5.69. The Balaban J connectivity index is 1.78. The zero-order valence-corrected chi connectivity index (χ0v) is 12.8. The average molecular weight is 278 g/mol. The minimum Gasteiger partial charge on any atom is -0.339 e. The number of aromatic nitrogens is 2. The lowest BCUT2D eigenvalue weighted by Gasteiger charge is -2.34. The molecule has 2 saturated heterocycles. The van der Waals surface area contributed by atoms with E-state index in [9.17, 15) is 0 Å². The molecule has 3 atom stereocenters. The lowest BCUT2D eigenvalue weighted by atomic mass is 9.87. The molecule has 1 aromatic heterocycles. The molecule has 0 aromatic carbocycles. The van der Waals surface area contributed by atoms with E-state index in [0.717, 1.165) is 25.1 Å². The summed E-state index contributed by atoms with van der Waals surface area (Å²) in [7, 11) is 2.25. The second kappa shape index (κ2) is 5.11. The van der Waals surface area contributed by atoms with Gasteiger partial charge in [-0.25, -0.2) is 0 Å². The highest BCUT2D eigenvalue weighted by Gasteiger charge is 2.41. The first-order valence-corrected chi connectivity index (χ1v) is 7.83. The molecule has 5 heteroatoms. The number of hydrogen-bond acceptors (Lipinski definition) is 5. The van der Waals surface area contributed by atoms with Gasteiger partial charge in [-0.1, -0.05) is 12.1 Å². The van der Waals surface area contributed by atoms with Crippen LogP contribution in [0, 0.1) is 0 Å². The molecule has 0 radical (unpaired) electrons. The molecule has 1 aromatic rings. The van der Waals surface area contributed by atoms with Crippen molar-refractivity contribution < 1.29 is 4.52 Å². The SMILES string of the molecule is CCC(C)(CN)c1nc(C2CC3CCC(C2)N3C)no1. The summed E-state index contributed by atoms with van der Waals surface area (Å²) in [6, 6.07) is 1.40. The predicted molar refractivity (Wildman–Crippen MR) is 77.5 cm³/mol. The van der Waals surface area contributed by atoms with Crippen molar-refractivity contribution in [3.05, 3.63) is 11.7 Å². The van der Waals surface area contributed by atoms with Crippen molar-refractivity contribution in [2.45, 2.75) is 69.4 Å². The molecular formula is C15H26N4O. The van der Waals surface area contributed by atoms with E-state index in [-0.39, 0.29) is 5.41 Å². The van der Waals surface area contributed by atoms with Gasteiger partial charge in [0.1, 0.15) is 0 Å². The van der Waals surface area contributed by atoms with Gasteiger partial charge in [0.05, 0.1) is 5.41 Å². The molecule has 5 nitrogen and oxygen atoms in total. The van der Waals surface area contributed by atoms with Crippen LogP contribution in [0.15, 0.2) is 4.52 Å². The molecule has 0 saturated carbocycles. The first-order valence-electron chi connectivity index (χ1n) is 7.83. The third-order valence-corrected chi connectivity index (χ3v) is 5.65. The Hall–Kier alpha value is -0.940. The van der Waals surface area contributed by atoms with E-state index < -0.39 is 0 Å². The molecule has 2 aliphatic rings. The topological polar surface area (TPSA) is 68.2 Å². The molecule has 2 N–H and O–H groups in total. The molecule has 112 valence electrons. The normalized spacial score (nSPS) is 33.3. The van der Waals surface area contributed by atoms with E-state index in [1.54, 1.807) is 0 Å². The van der Waals surface area contributed by atoms with Crippen molar-refractivity contribution >= 4 is 0 Å². The van der Waals surface area contributed by atoms with Gasteiger partial charge in [-0.05, 0) is 46.1 Å². The minimum atomic E-state index is -0.185. The monoisotopic (exact) mass is 278 g/mol. The van der Waals surface area contributed by atoms with Gasteiger partial charge in [-0.2, -0.15) is 4.98 Å². The van der Waals surface area contributed by atoms with E-state index in [1.807, 2.05) is 0 Å². The number of nitrogens with two attached hydrogens (primary N) is 1. The fourth-order valence-corrected chi connectivity index (χ4v) is 3.65. The van der Waals surface area contributed by atoms with Crippen molar-refractivity contribution in [1.29, 1.82) is 0 Å². The second-order valence-electron chi connectivity index (χ2n) is 6.79. The Kier molecular flexibility index (Phi) is 3.58. The molecule has 3 unspecified atom stereocenters. The van der Waals surface area contributed by atoms with Crippen LogP contribution in [0.4, 0.5) is 0 Å². The fraction of sp³-hybridized carbons (Fsp3) is 0.867. The third kappa shape index (κ3) is 2.17. The van der Waals surface area contributed by atoms with E-state index in [1.165, 1.54) is 12.8 Å². The van der Waals surface area contributed by atoms with Crippen molar-refractivity contribution in [1.82, 2.24) is 15.0 Å². The largest absolute Gasteiger partial charge is 0.339 e. The first kappa shape index (κ1) is 14.0. The molecule has 0 spiro atoms. The highest BCUT2D eigenvalue weighted by molar-refractivity contribution is 5.09. The highest BCUT2D eigenvalue weighted by Crippen LogP contribution is 2.41. The van der Waals surface area contributed by atoms with Crippen molar-refractivity contribution in [2.24, 2.45) is 5.73 Å². The van der Waals surface area contributed by atoms with E-state index in [0.29, 0.717) is 30.4 Å². The summed E-state index contributed by atoms with van der Waals surface area (Å²) in [5.74, 6) is 2.07. The van der Waals surface area contributed by atoms with Crippen LogP contribution in [0.3, 0.4) is 0 Å². The Labute approximate surface area is 120 Å². The maximum Gasteiger partial charge on any atom is 0.233 e. The number of hydrogen-bond donors (Lipinski definition) is 1. The van der Waals surface area contributed by atoms with Gasteiger partial charge in [0.2, 0.25) is 5.89 Å². The van der Waals surface area contributed by atoms with Crippen LogP contribution in [-0.2, 0) is 5.41 Å². The number of fused-ring (bicyclic) bond motifs is 2. The van der Waals surface area contributed by atoms with E-state index in [2.05, 4.69) is 31.0 Å². The zero-order chi connectivity index (χ0) is 14.3. The van der Waals surface area contributed by atoms with Crippen LogP contribution < -0.4 is 5.73 Å². The maximum absolute atomic E-state index is 5.88. The average Bonchev–Trinajstić information content (AvgIpc) is 3.01. The third-order valence-electron chi connectivity index (χ3n) is 5.65. The van der Waals surface area contributed by atoms with Crippen LogP contribution in [0.1, 0.15) is 63.6 Å². The second-order valence-corrected chi connectivity index (χ2v) is 6.79.